The van der Waals surface area contributed by atoms with Gasteiger partial charge in [0.2, 0.25) is 0 Å². The molecule has 0 amide bonds. The lowest BCUT2D eigenvalue weighted by Crippen LogP contribution is -2.70. The van der Waals surface area contributed by atoms with Gasteiger partial charge in [0.15, 0.2) is 0 Å². The zero-order valence-electron chi connectivity index (χ0n) is 17.1. The largest absolute Gasteiger partial charge is 0.383 e. The molecule has 31 heavy (non-hydrogen) atoms. The first kappa shape index (κ1) is 19.8. The Morgan fingerprint density at radius 2 is 1.90 bits per heavy atom. The average molecular weight is 420 g/mol. The summed E-state index contributed by atoms with van der Waals surface area (Å²) in [7, 11) is 0. The van der Waals surface area contributed by atoms with E-state index in [4.69, 9.17) is 5.26 Å². The second kappa shape index (κ2) is 6.69. The van der Waals surface area contributed by atoms with E-state index in [9.17, 15) is 13.9 Å². The van der Waals surface area contributed by atoms with Crippen LogP contribution in [-0.2, 0) is 17.6 Å². The van der Waals surface area contributed by atoms with Gasteiger partial charge in [-0.1, -0.05) is 19.1 Å². The number of aliphatic hydroxyl groups is 1. The van der Waals surface area contributed by atoms with Gasteiger partial charge in [0, 0.05) is 5.56 Å². The van der Waals surface area contributed by atoms with Crippen molar-refractivity contribution in [3.05, 3.63) is 83.4 Å². The van der Waals surface area contributed by atoms with Crippen LogP contribution in [0.2, 0.25) is 0 Å². The first-order valence-electron chi connectivity index (χ1n) is 10.3. The van der Waals surface area contributed by atoms with E-state index in [0.29, 0.717) is 5.56 Å². The van der Waals surface area contributed by atoms with Crippen LogP contribution in [0.5, 0.6) is 0 Å². The van der Waals surface area contributed by atoms with Crippen LogP contribution in [0.4, 0.5) is 8.78 Å². The number of halogens is 2. The molecular weight excluding hydrogens is 398 g/mol. The minimum atomic E-state index is -1.64. The SMILES string of the molecule is CC(C12CC(c3ccc(C#N)cc3)(C1)C2)[C@@](O)(Cn1cncn1)c1cc(F)ccc1F. The third kappa shape index (κ3) is 2.89. The highest BCUT2D eigenvalue weighted by atomic mass is 19.1. The maximum absolute atomic E-state index is 14.8. The molecule has 0 saturated heterocycles. The van der Waals surface area contributed by atoms with E-state index >= 15 is 0 Å². The lowest BCUT2D eigenvalue weighted by atomic mass is 9.29. The van der Waals surface area contributed by atoms with Crippen LogP contribution in [0.3, 0.4) is 0 Å². The first-order valence-corrected chi connectivity index (χ1v) is 10.3. The van der Waals surface area contributed by atoms with Gasteiger partial charge in [-0.2, -0.15) is 10.4 Å². The zero-order chi connectivity index (χ0) is 21.9. The minimum absolute atomic E-state index is 0.0137. The van der Waals surface area contributed by atoms with E-state index in [1.807, 2.05) is 31.2 Å². The van der Waals surface area contributed by atoms with E-state index in [-0.39, 0.29) is 28.9 Å². The third-order valence-electron chi connectivity index (χ3n) is 7.60. The number of benzene rings is 2. The van der Waals surface area contributed by atoms with Gasteiger partial charge in [0.1, 0.15) is 29.9 Å². The molecule has 6 rings (SSSR count). The molecule has 0 aliphatic heterocycles. The second-order valence-corrected chi connectivity index (χ2v) is 9.23. The molecule has 3 aliphatic carbocycles. The Morgan fingerprint density at radius 1 is 1.19 bits per heavy atom. The van der Waals surface area contributed by atoms with Gasteiger partial charge in [0.25, 0.3) is 0 Å². The van der Waals surface area contributed by atoms with Gasteiger partial charge in [-0.05, 0) is 71.9 Å². The van der Waals surface area contributed by atoms with Crippen molar-refractivity contribution in [2.24, 2.45) is 11.3 Å². The molecule has 1 unspecified atom stereocenters. The number of nitriles is 1. The molecule has 2 aromatic carbocycles. The summed E-state index contributed by atoms with van der Waals surface area (Å²) in [4.78, 5) is 3.92. The maximum atomic E-state index is 14.8. The summed E-state index contributed by atoms with van der Waals surface area (Å²) in [6.07, 6.45) is 5.42. The summed E-state index contributed by atoms with van der Waals surface area (Å²) in [6.45, 7) is 1.91. The van der Waals surface area contributed by atoms with E-state index in [2.05, 4.69) is 16.2 Å². The van der Waals surface area contributed by atoms with Gasteiger partial charge in [-0.15, -0.1) is 0 Å². The Kier molecular flexibility index (Phi) is 4.28. The smallest absolute Gasteiger partial charge is 0.137 e. The van der Waals surface area contributed by atoms with Gasteiger partial charge < -0.3 is 5.11 Å². The molecule has 3 aromatic rings. The molecule has 1 heterocycles. The van der Waals surface area contributed by atoms with E-state index < -0.39 is 17.2 Å². The zero-order valence-corrected chi connectivity index (χ0v) is 17.1. The number of hydrogen-bond donors (Lipinski definition) is 1. The second-order valence-electron chi connectivity index (χ2n) is 9.23. The first-order chi connectivity index (χ1) is 14.8. The number of nitrogens with zero attached hydrogens (tertiary/aromatic N) is 4. The van der Waals surface area contributed by atoms with Gasteiger partial charge >= 0.3 is 0 Å². The quantitative estimate of drug-likeness (QED) is 0.652. The summed E-state index contributed by atoms with van der Waals surface area (Å²) in [5, 5.41) is 25.0. The fraction of sp³-hybridized carbons (Fsp3) is 0.375. The van der Waals surface area contributed by atoms with E-state index in [1.165, 1.54) is 22.9 Å². The molecule has 3 aliphatic rings. The number of hydrogen-bond acceptors (Lipinski definition) is 4. The molecule has 1 N–H and O–H groups in total. The summed E-state index contributed by atoms with van der Waals surface area (Å²) in [5.41, 5.74) is 0.00270. The van der Waals surface area contributed by atoms with Crippen molar-refractivity contribution >= 4 is 0 Å². The van der Waals surface area contributed by atoms with Gasteiger partial charge in [-0.3, -0.25) is 0 Å². The van der Waals surface area contributed by atoms with Crippen molar-refractivity contribution in [3.8, 4) is 6.07 Å². The topological polar surface area (TPSA) is 74.7 Å². The monoisotopic (exact) mass is 420 g/mol. The van der Waals surface area contributed by atoms with Crippen LogP contribution < -0.4 is 0 Å². The normalized spacial score (nSPS) is 26.8. The van der Waals surface area contributed by atoms with Gasteiger partial charge in [-0.25, -0.2) is 18.4 Å². The molecule has 0 radical (unpaired) electrons. The standard InChI is InChI=1S/C24H22F2N4O/c1-16(22-10-23(11-22,12-22)18-4-2-17(9-27)3-5-18)24(31,13-30-15-28-14-29-30)20-8-19(25)6-7-21(20)26/h2-8,14-16,31H,10-13H2,1H3/t16?,22?,23?,24-/m0/s1. The summed E-state index contributed by atoms with van der Waals surface area (Å²) >= 11 is 0. The van der Waals surface area contributed by atoms with Crippen molar-refractivity contribution < 1.29 is 13.9 Å². The summed E-state index contributed by atoms with van der Waals surface area (Å²) < 4.78 is 30.3. The molecular formula is C24H22F2N4O. The molecule has 2 bridgehead atoms. The Bertz CT molecular complexity index is 1150. The van der Waals surface area contributed by atoms with Crippen molar-refractivity contribution in [1.29, 1.82) is 5.26 Å². The van der Waals surface area contributed by atoms with Crippen molar-refractivity contribution in [2.75, 3.05) is 0 Å². The van der Waals surface area contributed by atoms with Crippen LogP contribution in [0.25, 0.3) is 0 Å². The van der Waals surface area contributed by atoms with Crippen molar-refractivity contribution in [1.82, 2.24) is 14.8 Å². The van der Waals surface area contributed by atoms with Crippen LogP contribution >= 0.6 is 0 Å². The van der Waals surface area contributed by atoms with E-state index in [0.717, 1.165) is 37.5 Å². The van der Waals surface area contributed by atoms with Gasteiger partial charge in [0.05, 0.1) is 18.2 Å². The predicted octanol–water partition coefficient (Wildman–Crippen LogP) is 4.07. The number of aromatic nitrogens is 3. The van der Waals surface area contributed by atoms with Crippen LogP contribution in [0, 0.1) is 34.3 Å². The Labute approximate surface area is 179 Å². The summed E-state index contributed by atoms with van der Waals surface area (Å²) in [5.74, 6) is -1.56. The molecule has 3 fully saturated rings. The third-order valence-corrected chi connectivity index (χ3v) is 7.60. The highest BCUT2D eigenvalue weighted by molar-refractivity contribution is 5.43. The number of rotatable bonds is 6. The van der Waals surface area contributed by atoms with Crippen molar-refractivity contribution in [3.63, 3.8) is 0 Å². The fourth-order valence-electron chi connectivity index (χ4n) is 5.88. The minimum Gasteiger partial charge on any atom is -0.383 e. The average Bonchev–Trinajstić information content (AvgIpc) is 3.21. The maximum Gasteiger partial charge on any atom is 0.137 e. The molecule has 0 spiro atoms. The Balaban J connectivity index is 1.46. The Morgan fingerprint density at radius 3 is 2.52 bits per heavy atom. The lowest BCUT2D eigenvalue weighted by molar-refractivity contribution is -0.231. The summed E-state index contributed by atoms with van der Waals surface area (Å²) in [6, 6.07) is 13.0. The Hall–Kier alpha value is -3.11. The highest BCUT2D eigenvalue weighted by Crippen LogP contribution is 2.78. The van der Waals surface area contributed by atoms with Crippen LogP contribution in [0.1, 0.15) is 42.9 Å². The molecule has 2 atom stereocenters. The van der Waals surface area contributed by atoms with E-state index in [1.54, 1.807) is 0 Å². The molecule has 3 saturated carbocycles. The predicted molar refractivity (Wildman–Crippen MR) is 109 cm³/mol. The van der Waals surface area contributed by atoms with Crippen LogP contribution in [0.15, 0.2) is 55.1 Å². The molecule has 7 heteroatoms. The molecule has 5 nitrogen and oxygen atoms in total. The molecule has 1 aromatic heterocycles. The highest BCUT2D eigenvalue weighted by Gasteiger charge is 2.72. The van der Waals surface area contributed by atoms with Crippen LogP contribution in [-0.4, -0.2) is 19.9 Å². The van der Waals surface area contributed by atoms with Crippen molar-refractivity contribution in [2.45, 2.75) is 43.7 Å². The molecule has 158 valence electrons. The fourth-order valence-corrected chi connectivity index (χ4v) is 5.88. The lowest BCUT2D eigenvalue weighted by Gasteiger charge is -2.75.